The van der Waals surface area contributed by atoms with Crippen LogP contribution in [0.25, 0.3) is 0 Å². The normalized spacial score (nSPS) is 22.1. The molecule has 0 unspecified atom stereocenters. The molecule has 2 heteroatoms. The maximum atomic E-state index is 3.73. The standard InChI is InChI=1S/C18H28N2/c1-20(2)17-7-5-15(6-8-17)19-16-9-13-18(14-10-16)11-3-4-12-18/h5-8,16,19H,3-4,9-14H2,1-2H3. The van der Waals surface area contributed by atoms with Crippen molar-refractivity contribution in [2.24, 2.45) is 5.41 Å². The number of nitrogens with zero attached hydrogens (tertiary/aromatic N) is 1. The summed E-state index contributed by atoms with van der Waals surface area (Å²) < 4.78 is 0. The molecule has 0 aliphatic heterocycles. The molecule has 2 saturated carbocycles. The maximum Gasteiger partial charge on any atom is 0.0362 e. The molecule has 0 radical (unpaired) electrons. The van der Waals surface area contributed by atoms with Crippen molar-refractivity contribution in [2.45, 2.75) is 57.4 Å². The smallest absolute Gasteiger partial charge is 0.0362 e. The van der Waals surface area contributed by atoms with Crippen molar-refractivity contribution in [3.63, 3.8) is 0 Å². The Morgan fingerprint density at radius 3 is 2.10 bits per heavy atom. The van der Waals surface area contributed by atoms with E-state index in [0.717, 1.165) is 5.41 Å². The molecule has 0 saturated heterocycles. The lowest BCUT2D eigenvalue weighted by Gasteiger charge is -2.37. The van der Waals surface area contributed by atoms with E-state index in [0.29, 0.717) is 6.04 Å². The molecule has 0 bridgehead atoms. The zero-order valence-corrected chi connectivity index (χ0v) is 13.0. The number of benzene rings is 1. The Bertz CT molecular complexity index is 419. The SMILES string of the molecule is CN(C)c1ccc(NC2CCC3(CCCC3)CC2)cc1. The van der Waals surface area contributed by atoms with E-state index in [9.17, 15) is 0 Å². The second-order valence-corrected chi connectivity index (χ2v) is 7.07. The summed E-state index contributed by atoms with van der Waals surface area (Å²) in [6, 6.07) is 9.52. The van der Waals surface area contributed by atoms with Crippen LogP contribution in [0.5, 0.6) is 0 Å². The van der Waals surface area contributed by atoms with E-state index in [1.165, 1.54) is 62.7 Å². The minimum Gasteiger partial charge on any atom is -0.382 e. The second kappa shape index (κ2) is 5.67. The van der Waals surface area contributed by atoms with Crippen LogP contribution in [0.1, 0.15) is 51.4 Å². The summed E-state index contributed by atoms with van der Waals surface area (Å²) in [4.78, 5) is 2.15. The third-order valence-electron chi connectivity index (χ3n) is 5.46. The lowest BCUT2D eigenvalue weighted by Crippen LogP contribution is -2.31. The van der Waals surface area contributed by atoms with Gasteiger partial charge in [0.1, 0.15) is 0 Å². The molecule has 2 nitrogen and oxygen atoms in total. The van der Waals surface area contributed by atoms with Gasteiger partial charge in [-0.25, -0.2) is 0 Å². The summed E-state index contributed by atoms with van der Waals surface area (Å²) in [5.74, 6) is 0. The van der Waals surface area contributed by atoms with Crippen LogP contribution in [-0.4, -0.2) is 20.1 Å². The fourth-order valence-electron chi connectivity index (χ4n) is 4.09. The molecule has 0 heterocycles. The highest BCUT2D eigenvalue weighted by atomic mass is 15.1. The number of nitrogens with one attached hydrogen (secondary N) is 1. The molecule has 1 spiro atoms. The van der Waals surface area contributed by atoms with Gasteiger partial charge in [0.25, 0.3) is 0 Å². The molecule has 3 rings (SSSR count). The molecule has 0 atom stereocenters. The van der Waals surface area contributed by atoms with Crippen LogP contribution in [0.3, 0.4) is 0 Å². The summed E-state index contributed by atoms with van der Waals surface area (Å²) in [5.41, 5.74) is 3.29. The molecule has 2 fully saturated rings. The molecule has 2 aliphatic carbocycles. The largest absolute Gasteiger partial charge is 0.382 e. The van der Waals surface area contributed by atoms with Crippen LogP contribution in [0, 0.1) is 5.41 Å². The lowest BCUT2D eigenvalue weighted by atomic mass is 9.71. The van der Waals surface area contributed by atoms with Gasteiger partial charge in [0.05, 0.1) is 0 Å². The maximum absolute atomic E-state index is 3.73. The van der Waals surface area contributed by atoms with E-state index in [1.807, 2.05) is 0 Å². The van der Waals surface area contributed by atoms with Crippen molar-refractivity contribution in [2.75, 3.05) is 24.3 Å². The third kappa shape index (κ3) is 2.94. The zero-order valence-electron chi connectivity index (χ0n) is 13.0. The van der Waals surface area contributed by atoms with E-state index in [4.69, 9.17) is 0 Å². The highest BCUT2D eigenvalue weighted by Crippen LogP contribution is 2.49. The van der Waals surface area contributed by atoms with Crippen LogP contribution in [0.4, 0.5) is 11.4 Å². The van der Waals surface area contributed by atoms with Gasteiger partial charge in [0.2, 0.25) is 0 Å². The summed E-state index contributed by atoms with van der Waals surface area (Å²) in [6.45, 7) is 0. The molecule has 20 heavy (non-hydrogen) atoms. The van der Waals surface area contributed by atoms with E-state index in [1.54, 1.807) is 0 Å². The Morgan fingerprint density at radius 2 is 1.55 bits per heavy atom. The van der Waals surface area contributed by atoms with Crippen LogP contribution in [0.2, 0.25) is 0 Å². The molecule has 2 aliphatic rings. The van der Waals surface area contributed by atoms with Gasteiger partial charge in [-0.05, 0) is 68.2 Å². The van der Waals surface area contributed by atoms with Crippen molar-refractivity contribution < 1.29 is 0 Å². The molecule has 0 amide bonds. The van der Waals surface area contributed by atoms with Gasteiger partial charge in [0.15, 0.2) is 0 Å². The topological polar surface area (TPSA) is 15.3 Å². The summed E-state index contributed by atoms with van der Waals surface area (Å²) in [6.07, 6.45) is 11.6. The first-order valence-electron chi connectivity index (χ1n) is 8.21. The number of hydrogen-bond donors (Lipinski definition) is 1. The lowest BCUT2D eigenvalue weighted by molar-refractivity contribution is 0.188. The van der Waals surface area contributed by atoms with Crippen LogP contribution in [0.15, 0.2) is 24.3 Å². The van der Waals surface area contributed by atoms with Crippen molar-refractivity contribution in [1.29, 1.82) is 0 Å². The number of hydrogen-bond acceptors (Lipinski definition) is 2. The van der Waals surface area contributed by atoms with Crippen molar-refractivity contribution in [3.8, 4) is 0 Å². The molecule has 1 aromatic rings. The average Bonchev–Trinajstić information content (AvgIpc) is 2.91. The van der Waals surface area contributed by atoms with Gasteiger partial charge in [0, 0.05) is 31.5 Å². The van der Waals surface area contributed by atoms with Crippen molar-refractivity contribution in [3.05, 3.63) is 24.3 Å². The molecule has 0 aromatic heterocycles. The van der Waals surface area contributed by atoms with Gasteiger partial charge in [-0.2, -0.15) is 0 Å². The first-order valence-corrected chi connectivity index (χ1v) is 8.21. The predicted molar refractivity (Wildman–Crippen MR) is 87.5 cm³/mol. The van der Waals surface area contributed by atoms with E-state index in [2.05, 4.69) is 48.6 Å². The Kier molecular flexibility index (Phi) is 3.91. The zero-order chi connectivity index (χ0) is 14.0. The predicted octanol–water partition coefficient (Wildman–Crippen LogP) is 4.67. The van der Waals surface area contributed by atoms with E-state index < -0.39 is 0 Å². The highest BCUT2D eigenvalue weighted by Gasteiger charge is 2.37. The monoisotopic (exact) mass is 272 g/mol. The molecule has 110 valence electrons. The Labute approximate surface area is 123 Å². The van der Waals surface area contributed by atoms with Crippen LogP contribution in [-0.2, 0) is 0 Å². The first-order chi connectivity index (χ1) is 9.67. The minimum absolute atomic E-state index is 0.687. The summed E-state index contributed by atoms with van der Waals surface area (Å²) in [7, 11) is 4.18. The number of anilines is 2. The summed E-state index contributed by atoms with van der Waals surface area (Å²) in [5, 5.41) is 3.73. The average molecular weight is 272 g/mol. The third-order valence-corrected chi connectivity index (χ3v) is 5.46. The Morgan fingerprint density at radius 1 is 0.950 bits per heavy atom. The fourth-order valence-corrected chi connectivity index (χ4v) is 4.09. The quantitative estimate of drug-likeness (QED) is 0.860. The number of rotatable bonds is 3. The Balaban J connectivity index is 1.54. The molecular formula is C18H28N2. The fraction of sp³-hybridized carbons (Fsp3) is 0.667. The Hall–Kier alpha value is -1.18. The van der Waals surface area contributed by atoms with Gasteiger partial charge in [-0.3, -0.25) is 0 Å². The second-order valence-electron chi connectivity index (χ2n) is 7.07. The van der Waals surface area contributed by atoms with Gasteiger partial charge in [-0.15, -0.1) is 0 Å². The van der Waals surface area contributed by atoms with E-state index >= 15 is 0 Å². The van der Waals surface area contributed by atoms with Crippen molar-refractivity contribution >= 4 is 11.4 Å². The molecule has 1 aromatic carbocycles. The first kappa shape index (κ1) is 13.8. The van der Waals surface area contributed by atoms with Gasteiger partial charge in [-0.1, -0.05) is 12.8 Å². The van der Waals surface area contributed by atoms with E-state index in [-0.39, 0.29) is 0 Å². The van der Waals surface area contributed by atoms with Crippen LogP contribution < -0.4 is 10.2 Å². The van der Waals surface area contributed by atoms with Gasteiger partial charge >= 0.3 is 0 Å². The van der Waals surface area contributed by atoms with Gasteiger partial charge < -0.3 is 10.2 Å². The van der Waals surface area contributed by atoms with Crippen LogP contribution >= 0.6 is 0 Å². The van der Waals surface area contributed by atoms with Crippen molar-refractivity contribution in [1.82, 2.24) is 0 Å². The molecular weight excluding hydrogens is 244 g/mol. The summed E-state index contributed by atoms with van der Waals surface area (Å²) >= 11 is 0. The molecule has 1 N–H and O–H groups in total. The minimum atomic E-state index is 0.687. The highest BCUT2D eigenvalue weighted by molar-refractivity contribution is 5.54.